The second-order valence-electron chi connectivity index (χ2n) is 4.70. The maximum Gasteiger partial charge on any atom is 0.121 e. The number of H-pyrrole nitrogens is 1. The van der Waals surface area contributed by atoms with Gasteiger partial charge in [-0.2, -0.15) is 0 Å². The molecule has 18 heavy (non-hydrogen) atoms. The van der Waals surface area contributed by atoms with E-state index in [1.54, 1.807) is 0 Å². The molecular weight excluding hydrogens is 290 g/mol. The molecule has 0 aliphatic heterocycles. The minimum absolute atomic E-state index is 0.463. The quantitative estimate of drug-likeness (QED) is 0.905. The van der Waals surface area contributed by atoms with Crippen LogP contribution in [0.4, 0.5) is 0 Å². The van der Waals surface area contributed by atoms with E-state index < -0.39 is 0 Å². The van der Waals surface area contributed by atoms with Crippen LogP contribution in [-0.2, 0) is 6.54 Å². The fourth-order valence-corrected chi connectivity index (χ4v) is 2.22. The van der Waals surface area contributed by atoms with Gasteiger partial charge in [0.25, 0.3) is 0 Å². The molecule has 2 aromatic rings. The van der Waals surface area contributed by atoms with Crippen LogP contribution in [0.5, 0.6) is 0 Å². The molecule has 1 aromatic carbocycles. The Kier molecular flexibility index (Phi) is 4.19. The van der Waals surface area contributed by atoms with E-state index in [1.807, 2.05) is 12.1 Å². The molecule has 0 spiro atoms. The first-order valence-electron chi connectivity index (χ1n) is 6.11. The standard InChI is InChI=1S/C14H18BrN3/c1-9(2)16-8-13-17-10(3)14(18-13)11-5-4-6-12(15)7-11/h4-7,9,16H,8H2,1-3H3,(H,17,18). The van der Waals surface area contributed by atoms with Gasteiger partial charge in [0.2, 0.25) is 0 Å². The molecule has 0 atom stereocenters. The maximum atomic E-state index is 4.65. The number of rotatable bonds is 4. The first-order valence-corrected chi connectivity index (χ1v) is 6.90. The van der Waals surface area contributed by atoms with Gasteiger partial charge in [-0.1, -0.05) is 41.9 Å². The second-order valence-corrected chi connectivity index (χ2v) is 5.62. The van der Waals surface area contributed by atoms with Crippen molar-refractivity contribution in [2.45, 2.75) is 33.4 Å². The third-order valence-corrected chi connectivity index (χ3v) is 3.20. The summed E-state index contributed by atoms with van der Waals surface area (Å²) in [6, 6.07) is 8.67. The largest absolute Gasteiger partial charge is 0.344 e. The summed E-state index contributed by atoms with van der Waals surface area (Å²) < 4.78 is 1.07. The van der Waals surface area contributed by atoms with Crippen LogP contribution in [0.3, 0.4) is 0 Å². The van der Waals surface area contributed by atoms with Crippen molar-refractivity contribution in [3.05, 3.63) is 40.3 Å². The lowest BCUT2D eigenvalue weighted by atomic mass is 10.1. The van der Waals surface area contributed by atoms with Crippen LogP contribution in [0.25, 0.3) is 11.3 Å². The van der Waals surface area contributed by atoms with Crippen molar-refractivity contribution < 1.29 is 0 Å². The SMILES string of the molecule is Cc1[nH]c(CNC(C)C)nc1-c1cccc(Br)c1. The molecule has 96 valence electrons. The zero-order valence-electron chi connectivity index (χ0n) is 10.9. The van der Waals surface area contributed by atoms with Crippen molar-refractivity contribution in [1.29, 1.82) is 0 Å². The van der Waals surface area contributed by atoms with Crippen LogP contribution in [0.1, 0.15) is 25.4 Å². The minimum Gasteiger partial charge on any atom is -0.344 e. The number of hydrogen-bond acceptors (Lipinski definition) is 2. The van der Waals surface area contributed by atoms with Gasteiger partial charge >= 0.3 is 0 Å². The first-order chi connectivity index (χ1) is 8.56. The Labute approximate surface area is 116 Å². The maximum absolute atomic E-state index is 4.65. The summed E-state index contributed by atoms with van der Waals surface area (Å²) in [4.78, 5) is 7.98. The molecule has 0 fully saturated rings. The lowest BCUT2D eigenvalue weighted by Gasteiger charge is -2.04. The van der Waals surface area contributed by atoms with Crippen LogP contribution in [-0.4, -0.2) is 16.0 Å². The average molecular weight is 308 g/mol. The van der Waals surface area contributed by atoms with Gasteiger partial charge in [0, 0.05) is 21.8 Å². The zero-order chi connectivity index (χ0) is 13.1. The topological polar surface area (TPSA) is 40.7 Å². The van der Waals surface area contributed by atoms with Crippen molar-refractivity contribution in [2.75, 3.05) is 0 Å². The summed E-state index contributed by atoms with van der Waals surface area (Å²) in [5.74, 6) is 0.983. The third-order valence-electron chi connectivity index (χ3n) is 2.71. The van der Waals surface area contributed by atoms with Gasteiger partial charge in [-0.15, -0.1) is 0 Å². The fraction of sp³-hybridized carbons (Fsp3) is 0.357. The summed E-state index contributed by atoms with van der Waals surface area (Å²) in [5, 5.41) is 3.36. The van der Waals surface area contributed by atoms with E-state index in [1.165, 1.54) is 0 Å². The Bertz CT molecular complexity index is 532. The number of nitrogens with one attached hydrogen (secondary N) is 2. The molecule has 2 N–H and O–H groups in total. The van der Waals surface area contributed by atoms with Gasteiger partial charge in [0.05, 0.1) is 12.2 Å². The molecule has 0 saturated carbocycles. The van der Waals surface area contributed by atoms with E-state index >= 15 is 0 Å². The highest BCUT2D eigenvalue weighted by Crippen LogP contribution is 2.24. The van der Waals surface area contributed by atoms with Crippen molar-refractivity contribution in [3.63, 3.8) is 0 Å². The first kappa shape index (κ1) is 13.3. The normalized spacial score (nSPS) is 11.2. The third kappa shape index (κ3) is 3.21. The minimum atomic E-state index is 0.463. The van der Waals surface area contributed by atoms with Gasteiger partial charge in [-0.05, 0) is 19.1 Å². The molecule has 0 bridgehead atoms. The van der Waals surface area contributed by atoms with E-state index in [-0.39, 0.29) is 0 Å². The molecule has 0 amide bonds. The second kappa shape index (κ2) is 5.67. The molecule has 0 aliphatic rings. The predicted octanol–water partition coefficient (Wildman–Crippen LogP) is 3.65. The number of hydrogen-bond donors (Lipinski definition) is 2. The molecule has 0 aliphatic carbocycles. The highest BCUT2D eigenvalue weighted by atomic mass is 79.9. The molecule has 4 heteroatoms. The number of aryl methyl sites for hydroxylation is 1. The molecule has 3 nitrogen and oxygen atoms in total. The summed E-state index contributed by atoms with van der Waals surface area (Å²) >= 11 is 3.49. The number of aromatic nitrogens is 2. The van der Waals surface area contributed by atoms with Gasteiger partial charge < -0.3 is 10.3 Å². The molecule has 1 heterocycles. The highest BCUT2D eigenvalue weighted by Gasteiger charge is 2.09. The molecule has 1 aromatic heterocycles. The molecule has 0 radical (unpaired) electrons. The van der Waals surface area contributed by atoms with Gasteiger partial charge in [0.15, 0.2) is 0 Å². The summed E-state index contributed by atoms with van der Waals surface area (Å²) in [5.41, 5.74) is 3.26. The summed E-state index contributed by atoms with van der Waals surface area (Å²) in [6.07, 6.45) is 0. The van der Waals surface area contributed by atoms with Crippen molar-refractivity contribution in [2.24, 2.45) is 0 Å². The zero-order valence-corrected chi connectivity index (χ0v) is 12.5. The van der Waals surface area contributed by atoms with E-state index in [0.717, 1.165) is 33.8 Å². The lowest BCUT2D eigenvalue weighted by Crippen LogP contribution is -2.22. The van der Waals surface area contributed by atoms with Crippen molar-refractivity contribution in [3.8, 4) is 11.3 Å². The molecule has 2 rings (SSSR count). The monoisotopic (exact) mass is 307 g/mol. The van der Waals surface area contributed by atoms with E-state index in [2.05, 4.69) is 64.1 Å². The Morgan fingerprint density at radius 3 is 2.83 bits per heavy atom. The lowest BCUT2D eigenvalue weighted by molar-refractivity contribution is 0.575. The van der Waals surface area contributed by atoms with Crippen molar-refractivity contribution in [1.82, 2.24) is 15.3 Å². The number of nitrogens with zero attached hydrogens (tertiary/aromatic N) is 1. The smallest absolute Gasteiger partial charge is 0.121 e. The Balaban J connectivity index is 2.24. The van der Waals surface area contributed by atoms with Crippen LogP contribution < -0.4 is 5.32 Å². The van der Waals surface area contributed by atoms with Crippen LogP contribution in [0.2, 0.25) is 0 Å². The van der Waals surface area contributed by atoms with Crippen LogP contribution in [0, 0.1) is 6.92 Å². The molecule has 0 saturated heterocycles. The Hall–Kier alpha value is -1.13. The van der Waals surface area contributed by atoms with Crippen molar-refractivity contribution >= 4 is 15.9 Å². The predicted molar refractivity (Wildman–Crippen MR) is 78.4 cm³/mol. The van der Waals surface area contributed by atoms with Gasteiger partial charge in [-0.25, -0.2) is 4.98 Å². The van der Waals surface area contributed by atoms with Crippen LogP contribution in [0.15, 0.2) is 28.7 Å². The van der Waals surface area contributed by atoms with Gasteiger partial charge in [0.1, 0.15) is 5.82 Å². The number of halogens is 1. The molecule has 0 unspecified atom stereocenters. The summed E-state index contributed by atoms with van der Waals surface area (Å²) in [7, 11) is 0. The number of imidazole rings is 1. The number of benzene rings is 1. The fourth-order valence-electron chi connectivity index (χ4n) is 1.82. The van der Waals surface area contributed by atoms with Crippen LogP contribution >= 0.6 is 15.9 Å². The summed E-state index contributed by atoms with van der Waals surface area (Å²) in [6.45, 7) is 7.09. The van der Waals surface area contributed by atoms with E-state index in [9.17, 15) is 0 Å². The highest BCUT2D eigenvalue weighted by molar-refractivity contribution is 9.10. The average Bonchev–Trinajstić information content (AvgIpc) is 2.68. The number of aromatic amines is 1. The van der Waals surface area contributed by atoms with E-state index in [4.69, 9.17) is 0 Å². The van der Waals surface area contributed by atoms with Gasteiger partial charge in [-0.3, -0.25) is 0 Å². The molecular formula is C14H18BrN3. The Morgan fingerprint density at radius 2 is 2.17 bits per heavy atom. The Morgan fingerprint density at radius 1 is 1.39 bits per heavy atom. The van der Waals surface area contributed by atoms with E-state index in [0.29, 0.717) is 6.04 Å².